The number of pyridine rings is 1. The summed E-state index contributed by atoms with van der Waals surface area (Å²) < 4.78 is 7.67. The summed E-state index contributed by atoms with van der Waals surface area (Å²) in [6.45, 7) is 1.87. The second-order valence-corrected chi connectivity index (χ2v) is 6.70. The van der Waals surface area contributed by atoms with Gasteiger partial charge in [0.2, 0.25) is 0 Å². The number of nitrogens with zero attached hydrogens (tertiary/aromatic N) is 4. The minimum Gasteiger partial charge on any atom is -0.489 e. The Bertz CT molecular complexity index is 789. The highest BCUT2D eigenvalue weighted by Crippen LogP contribution is 2.30. The third-order valence-electron chi connectivity index (χ3n) is 4.84. The molecule has 1 aliphatic rings. The van der Waals surface area contributed by atoms with Crippen LogP contribution in [0.4, 0.5) is 0 Å². The van der Waals surface area contributed by atoms with E-state index in [9.17, 15) is 15.0 Å². The van der Waals surface area contributed by atoms with E-state index in [0.29, 0.717) is 36.4 Å². The van der Waals surface area contributed by atoms with Gasteiger partial charge in [0.1, 0.15) is 11.4 Å². The van der Waals surface area contributed by atoms with Crippen molar-refractivity contribution in [2.75, 3.05) is 6.61 Å². The molecule has 1 fully saturated rings. The highest BCUT2D eigenvalue weighted by atomic mass is 16.5. The molecule has 0 aliphatic heterocycles. The number of aliphatic carboxylic acids is 1. The van der Waals surface area contributed by atoms with E-state index >= 15 is 0 Å². The third-order valence-corrected chi connectivity index (χ3v) is 4.84. The predicted molar refractivity (Wildman–Crippen MR) is 93.8 cm³/mol. The molecule has 2 heterocycles. The van der Waals surface area contributed by atoms with Crippen LogP contribution in [0.2, 0.25) is 0 Å². The van der Waals surface area contributed by atoms with E-state index in [1.54, 1.807) is 11.7 Å². The largest absolute Gasteiger partial charge is 0.489 e. The fourth-order valence-electron chi connectivity index (χ4n) is 3.42. The number of aromatic nitrogens is 4. The van der Waals surface area contributed by atoms with Crippen LogP contribution in [-0.2, 0) is 18.3 Å². The highest BCUT2D eigenvalue weighted by Gasteiger charge is 2.28. The Balaban J connectivity index is 1.77. The predicted octanol–water partition coefficient (Wildman–Crippen LogP) is 1.74. The zero-order valence-electron chi connectivity index (χ0n) is 15.1. The molecule has 8 heteroatoms. The molecule has 3 rings (SSSR count). The molecule has 2 N–H and O–H groups in total. The monoisotopic (exact) mass is 360 g/mol. The Kier molecular flexibility index (Phi) is 5.51. The number of aryl methyl sites for hydroxylation is 2. The van der Waals surface area contributed by atoms with E-state index in [4.69, 9.17) is 4.74 Å². The average Bonchev–Trinajstić information content (AvgIpc) is 2.98. The molecule has 8 nitrogen and oxygen atoms in total. The standard InChI is InChI=1S/C18H24N4O4/c1-11-16(26-13-5-3-4-12(10-13)18(24)25)7-6-14(19-11)17-15(8-9-23)22(2)21-20-17/h6-7,12-13,23H,3-5,8-10H2,1-2H3,(H,24,25)/t12-,13-/m0/s1. The van der Waals surface area contributed by atoms with Crippen LogP contribution in [0.1, 0.15) is 37.1 Å². The fraction of sp³-hybridized carbons (Fsp3) is 0.556. The number of aliphatic hydroxyl groups excluding tert-OH is 1. The maximum absolute atomic E-state index is 11.2. The van der Waals surface area contributed by atoms with Crippen LogP contribution >= 0.6 is 0 Å². The molecule has 2 aromatic heterocycles. The van der Waals surface area contributed by atoms with E-state index in [0.717, 1.165) is 24.2 Å². The summed E-state index contributed by atoms with van der Waals surface area (Å²) in [7, 11) is 1.79. The number of carboxylic acids is 1. The topological polar surface area (TPSA) is 110 Å². The summed E-state index contributed by atoms with van der Waals surface area (Å²) in [5, 5.41) is 26.6. The lowest BCUT2D eigenvalue weighted by atomic mass is 9.87. The zero-order valence-corrected chi connectivity index (χ0v) is 15.1. The van der Waals surface area contributed by atoms with Crippen molar-refractivity contribution in [2.24, 2.45) is 13.0 Å². The van der Waals surface area contributed by atoms with E-state index in [1.165, 1.54) is 0 Å². The number of rotatable bonds is 6. The van der Waals surface area contributed by atoms with E-state index < -0.39 is 5.97 Å². The van der Waals surface area contributed by atoms with Gasteiger partial charge in [-0.2, -0.15) is 0 Å². The summed E-state index contributed by atoms with van der Waals surface area (Å²) in [5.74, 6) is -0.415. The number of carboxylic acid groups (broad SMARTS) is 1. The van der Waals surface area contributed by atoms with Crippen LogP contribution in [0.25, 0.3) is 11.4 Å². The fourth-order valence-corrected chi connectivity index (χ4v) is 3.42. The van der Waals surface area contributed by atoms with Gasteiger partial charge in [0.05, 0.1) is 29.1 Å². The molecule has 0 unspecified atom stereocenters. The molecule has 0 amide bonds. The number of hydrogen-bond acceptors (Lipinski definition) is 6. The average molecular weight is 360 g/mol. The molecule has 0 spiro atoms. The molecule has 1 aliphatic carbocycles. The van der Waals surface area contributed by atoms with Gasteiger partial charge in [-0.1, -0.05) is 5.21 Å². The van der Waals surface area contributed by atoms with Gasteiger partial charge in [-0.05, 0) is 44.7 Å². The van der Waals surface area contributed by atoms with Gasteiger partial charge in [-0.15, -0.1) is 5.10 Å². The van der Waals surface area contributed by atoms with Crippen molar-refractivity contribution >= 4 is 5.97 Å². The minimum atomic E-state index is -0.748. The van der Waals surface area contributed by atoms with Crippen LogP contribution in [-0.4, -0.2) is 48.9 Å². The van der Waals surface area contributed by atoms with Gasteiger partial charge in [-0.25, -0.2) is 4.98 Å². The van der Waals surface area contributed by atoms with Crippen molar-refractivity contribution in [1.82, 2.24) is 20.0 Å². The van der Waals surface area contributed by atoms with Gasteiger partial charge < -0.3 is 14.9 Å². The Morgan fingerprint density at radius 2 is 2.19 bits per heavy atom. The summed E-state index contributed by atoms with van der Waals surface area (Å²) >= 11 is 0. The van der Waals surface area contributed by atoms with Gasteiger partial charge in [-0.3, -0.25) is 9.48 Å². The number of carbonyl (C=O) groups is 1. The second kappa shape index (κ2) is 7.82. The second-order valence-electron chi connectivity index (χ2n) is 6.70. The van der Waals surface area contributed by atoms with E-state index in [2.05, 4.69) is 15.3 Å². The Morgan fingerprint density at radius 1 is 1.38 bits per heavy atom. The first-order chi connectivity index (χ1) is 12.5. The van der Waals surface area contributed by atoms with Gasteiger partial charge >= 0.3 is 5.97 Å². The summed E-state index contributed by atoms with van der Waals surface area (Å²) in [6.07, 6.45) is 3.31. The van der Waals surface area contributed by atoms with Gasteiger partial charge in [0.25, 0.3) is 0 Å². The molecule has 0 aromatic carbocycles. The maximum atomic E-state index is 11.2. The first kappa shape index (κ1) is 18.3. The van der Waals surface area contributed by atoms with Crippen LogP contribution in [0, 0.1) is 12.8 Å². The molecule has 26 heavy (non-hydrogen) atoms. The summed E-state index contributed by atoms with van der Waals surface area (Å²) in [5.41, 5.74) is 2.88. The van der Waals surface area contributed by atoms with Crippen molar-refractivity contribution in [2.45, 2.75) is 45.1 Å². The Morgan fingerprint density at radius 3 is 2.88 bits per heavy atom. The SMILES string of the molecule is Cc1nc(-c2nnn(C)c2CCO)ccc1O[C@H]1CCC[C@H](C(=O)O)C1. The smallest absolute Gasteiger partial charge is 0.306 e. The highest BCUT2D eigenvalue weighted by molar-refractivity contribution is 5.70. The Labute approximate surface area is 151 Å². The molecule has 2 atom stereocenters. The van der Waals surface area contributed by atoms with Crippen LogP contribution in [0.15, 0.2) is 12.1 Å². The number of hydrogen-bond donors (Lipinski definition) is 2. The first-order valence-electron chi connectivity index (χ1n) is 8.86. The first-order valence-corrected chi connectivity index (χ1v) is 8.86. The third kappa shape index (κ3) is 3.85. The van der Waals surface area contributed by atoms with Crippen LogP contribution in [0.3, 0.4) is 0 Å². The minimum absolute atomic E-state index is 0.0147. The Hall–Kier alpha value is -2.48. The number of ether oxygens (including phenoxy) is 1. The van der Waals surface area contributed by atoms with Crippen LogP contribution in [0.5, 0.6) is 5.75 Å². The lowest BCUT2D eigenvalue weighted by Gasteiger charge is -2.27. The van der Waals surface area contributed by atoms with Crippen molar-refractivity contribution in [3.8, 4) is 17.1 Å². The molecule has 0 bridgehead atoms. The van der Waals surface area contributed by atoms with Crippen molar-refractivity contribution in [3.05, 3.63) is 23.5 Å². The molecule has 0 radical (unpaired) electrons. The normalized spacial score (nSPS) is 20.1. The molecule has 140 valence electrons. The molecular weight excluding hydrogens is 336 g/mol. The van der Waals surface area contributed by atoms with E-state index in [-0.39, 0.29) is 18.6 Å². The lowest BCUT2D eigenvalue weighted by molar-refractivity contribution is -0.143. The summed E-state index contributed by atoms with van der Waals surface area (Å²) in [6, 6.07) is 3.67. The molecule has 2 aromatic rings. The van der Waals surface area contributed by atoms with Crippen molar-refractivity contribution < 1.29 is 19.7 Å². The molecular formula is C18H24N4O4. The van der Waals surface area contributed by atoms with Crippen molar-refractivity contribution in [3.63, 3.8) is 0 Å². The molecule has 0 saturated heterocycles. The summed E-state index contributed by atoms with van der Waals surface area (Å²) in [4.78, 5) is 15.8. The number of aliphatic hydroxyl groups is 1. The van der Waals surface area contributed by atoms with Gasteiger partial charge in [0, 0.05) is 20.1 Å². The van der Waals surface area contributed by atoms with Crippen LogP contribution < -0.4 is 4.74 Å². The lowest BCUT2D eigenvalue weighted by Crippen LogP contribution is -2.29. The van der Waals surface area contributed by atoms with Gasteiger partial charge in [0.15, 0.2) is 0 Å². The maximum Gasteiger partial charge on any atom is 0.306 e. The molecule has 1 saturated carbocycles. The zero-order chi connectivity index (χ0) is 18.7. The quantitative estimate of drug-likeness (QED) is 0.807. The van der Waals surface area contributed by atoms with Crippen molar-refractivity contribution in [1.29, 1.82) is 0 Å². The van der Waals surface area contributed by atoms with E-state index in [1.807, 2.05) is 19.1 Å².